The molecule has 0 aliphatic carbocycles. The number of carbonyl (C=O) groups excluding carboxylic acids is 1. The number of nitrogens with zero attached hydrogens (tertiary/aromatic N) is 3. The Kier molecular flexibility index (Phi) is 5.94. The molecule has 1 heterocycles. The average Bonchev–Trinajstić information content (AvgIpc) is 2.70. The summed E-state index contributed by atoms with van der Waals surface area (Å²) in [6, 6.07) is 16.7. The Morgan fingerprint density at radius 2 is 1.70 bits per heavy atom. The predicted molar refractivity (Wildman–Crippen MR) is 106 cm³/mol. The van der Waals surface area contributed by atoms with Gasteiger partial charge in [0.05, 0.1) is 11.6 Å². The average molecular weight is 364 g/mol. The lowest BCUT2D eigenvalue weighted by Gasteiger charge is -2.34. The number of benzene rings is 2. The largest absolute Gasteiger partial charge is 0.481 e. The molecule has 1 unspecified atom stereocenters. The van der Waals surface area contributed by atoms with E-state index in [1.807, 2.05) is 24.3 Å². The van der Waals surface area contributed by atoms with Crippen LogP contribution in [0.4, 0.5) is 11.4 Å². The van der Waals surface area contributed by atoms with E-state index < -0.39 is 6.10 Å². The van der Waals surface area contributed by atoms with Gasteiger partial charge in [-0.25, -0.2) is 0 Å². The van der Waals surface area contributed by atoms with Crippen LogP contribution in [0.2, 0.25) is 0 Å². The zero-order valence-corrected chi connectivity index (χ0v) is 15.7. The highest BCUT2D eigenvalue weighted by Crippen LogP contribution is 2.20. The lowest BCUT2D eigenvalue weighted by molar-refractivity contribution is -0.122. The fourth-order valence-electron chi connectivity index (χ4n) is 2.93. The molecular weight excluding hydrogens is 340 g/mol. The standard InChI is InChI=1S/C21H24N4O2/c1-16(27-20-9-3-17(15-22)4-10-20)21(26)23-18-5-7-19(8-6-18)25-13-11-24(2)12-14-25/h3-10,16H,11-14H2,1-2H3,(H,23,26). The molecule has 6 heteroatoms. The molecule has 140 valence electrons. The van der Waals surface area contributed by atoms with Crippen molar-refractivity contribution in [2.45, 2.75) is 13.0 Å². The van der Waals surface area contributed by atoms with E-state index in [2.05, 4.69) is 28.2 Å². The number of hydrogen-bond acceptors (Lipinski definition) is 5. The van der Waals surface area contributed by atoms with Crippen molar-refractivity contribution < 1.29 is 9.53 Å². The predicted octanol–water partition coefficient (Wildman–Crippen LogP) is 2.72. The molecule has 1 aliphatic heterocycles. The first-order valence-electron chi connectivity index (χ1n) is 9.06. The zero-order valence-electron chi connectivity index (χ0n) is 15.7. The minimum Gasteiger partial charge on any atom is -0.481 e. The smallest absolute Gasteiger partial charge is 0.265 e. The summed E-state index contributed by atoms with van der Waals surface area (Å²) < 4.78 is 5.64. The van der Waals surface area contributed by atoms with E-state index in [0.29, 0.717) is 11.3 Å². The van der Waals surface area contributed by atoms with Crippen molar-refractivity contribution in [1.29, 1.82) is 5.26 Å². The first-order chi connectivity index (χ1) is 13.0. The summed E-state index contributed by atoms with van der Waals surface area (Å²) in [6.07, 6.45) is -0.643. The number of anilines is 2. The molecule has 2 aromatic rings. The number of carbonyl (C=O) groups is 1. The molecule has 1 atom stereocenters. The van der Waals surface area contributed by atoms with Gasteiger partial charge in [0.2, 0.25) is 0 Å². The van der Waals surface area contributed by atoms with Gasteiger partial charge in [-0.2, -0.15) is 5.26 Å². The van der Waals surface area contributed by atoms with E-state index in [1.165, 1.54) is 5.69 Å². The van der Waals surface area contributed by atoms with E-state index in [1.54, 1.807) is 31.2 Å². The van der Waals surface area contributed by atoms with Gasteiger partial charge in [-0.3, -0.25) is 4.79 Å². The molecule has 1 amide bonds. The number of hydrogen-bond donors (Lipinski definition) is 1. The van der Waals surface area contributed by atoms with Crippen LogP contribution in [-0.2, 0) is 4.79 Å². The molecule has 1 aliphatic rings. The fourth-order valence-corrected chi connectivity index (χ4v) is 2.93. The van der Waals surface area contributed by atoms with Crippen LogP contribution in [0.5, 0.6) is 5.75 Å². The lowest BCUT2D eigenvalue weighted by Crippen LogP contribution is -2.44. The van der Waals surface area contributed by atoms with Crippen LogP contribution >= 0.6 is 0 Å². The summed E-state index contributed by atoms with van der Waals surface area (Å²) in [5.41, 5.74) is 2.47. The Bertz CT molecular complexity index is 804. The maximum Gasteiger partial charge on any atom is 0.265 e. The van der Waals surface area contributed by atoms with Gasteiger partial charge in [-0.15, -0.1) is 0 Å². The summed E-state index contributed by atoms with van der Waals surface area (Å²) >= 11 is 0. The summed E-state index contributed by atoms with van der Waals surface area (Å²) in [5.74, 6) is 0.341. The third-order valence-corrected chi connectivity index (χ3v) is 4.67. The second kappa shape index (κ2) is 8.56. The molecule has 0 saturated carbocycles. The maximum absolute atomic E-state index is 12.4. The molecular formula is C21H24N4O2. The number of ether oxygens (including phenoxy) is 1. The molecule has 0 aromatic heterocycles. The molecule has 2 aromatic carbocycles. The number of likely N-dealkylation sites (N-methyl/N-ethyl adjacent to an activating group) is 1. The van der Waals surface area contributed by atoms with Crippen molar-refractivity contribution in [3.8, 4) is 11.8 Å². The first-order valence-corrected chi connectivity index (χ1v) is 9.06. The Morgan fingerprint density at radius 1 is 1.07 bits per heavy atom. The van der Waals surface area contributed by atoms with Crippen molar-refractivity contribution >= 4 is 17.3 Å². The minimum atomic E-state index is -0.643. The van der Waals surface area contributed by atoms with Gasteiger partial charge in [-0.1, -0.05) is 0 Å². The van der Waals surface area contributed by atoms with Gasteiger partial charge >= 0.3 is 0 Å². The molecule has 0 spiro atoms. The van der Waals surface area contributed by atoms with Gasteiger partial charge in [0.15, 0.2) is 6.10 Å². The van der Waals surface area contributed by atoms with Gasteiger partial charge in [0.25, 0.3) is 5.91 Å². The second-order valence-electron chi connectivity index (χ2n) is 6.72. The number of nitriles is 1. The normalized spacial score (nSPS) is 15.7. The van der Waals surface area contributed by atoms with Crippen LogP contribution in [-0.4, -0.2) is 50.1 Å². The quantitative estimate of drug-likeness (QED) is 0.883. The monoisotopic (exact) mass is 364 g/mol. The van der Waals surface area contributed by atoms with Crippen molar-refractivity contribution in [3.63, 3.8) is 0 Å². The van der Waals surface area contributed by atoms with E-state index in [4.69, 9.17) is 10.00 Å². The number of nitrogens with one attached hydrogen (secondary N) is 1. The highest BCUT2D eigenvalue weighted by Gasteiger charge is 2.16. The SMILES string of the molecule is CC(Oc1ccc(C#N)cc1)C(=O)Nc1ccc(N2CCN(C)CC2)cc1. The Morgan fingerprint density at radius 3 is 2.30 bits per heavy atom. The fraction of sp³-hybridized carbons (Fsp3) is 0.333. The molecule has 1 saturated heterocycles. The van der Waals surface area contributed by atoms with Crippen LogP contribution in [0.3, 0.4) is 0 Å². The van der Waals surface area contributed by atoms with Crippen LogP contribution in [0.15, 0.2) is 48.5 Å². The van der Waals surface area contributed by atoms with Crippen molar-refractivity contribution in [2.24, 2.45) is 0 Å². The Balaban J connectivity index is 1.54. The topological polar surface area (TPSA) is 68.6 Å². The van der Waals surface area contributed by atoms with Crippen molar-refractivity contribution in [1.82, 2.24) is 4.90 Å². The third kappa shape index (κ3) is 4.99. The summed E-state index contributed by atoms with van der Waals surface area (Å²) in [5, 5.41) is 11.7. The highest BCUT2D eigenvalue weighted by molar-refractivity contribution is 5.94. The molecule has 27 heavy (non-hydrogen) atoms. The Labute approximate surface area is 160 Å². The lowest BCUT2D eigenvalue weighted by atomic mass is 10.2. The molecule has 1 fully saturated rings. The number of amides is 1. The van der Waals surface area contributed by atoms with Crippen LogP contribution in [0.25, 0.3) is 0 Å². The number of piperazine rings is 1. The molecule has 6 nitrogen and oxygen atoms in total. The van der Waals surface area contributed by atoms with Gasteiger partial charge in [0.1, 0.15) is 5.75 Å². The number of rotatable bonds is 5. The minimum absolute atomic E-state index is 0.216. The first kappa shape index (κ1) is 18.7. The maximum atomic E-state index is 12.4. The third-order valence-electron chi connectivity index (χ3n) is 4.67. The summed E-state index contributed by atoms with van der Waals surface area (Å²) in [7, 11) is 2.14. The van der Waals surface area contributed by atoms with Gasteiger partial charge in [0, 0.05) is 37.6 Å². The van der Waals surface area contributed by atoms with Crippen LogP contribution in [0, 0.1) is 11.3 Å². The van der Waals surface area contributed by atoms with E-state index in [-0.39, 0.29) is 5.91 Å². The van der Waals surface area contributed by atoms with Crippen LogP contribution in [0.1, 0.15) is 12.5 Å². The summed E-state index contributed by atoms with van der Waals surface area (Å²) in [6.45, 7) is 5.84. The van der Waals surface area contributed by atoms with Crippen molar-refractivity contribution in [2.75, 3.05) is 43.4 Å². The molecule has 3 rings (SSSR count). The van der Waals surface area contributed by atoms with Crippen molar-refractivity contribution in [3.05, 3.63) is 54.1 Å². The Hall–Kier alpha value is -3.04. The molecule has 1 N–H and O–H groups in total. The van der Waals surface area contributed by atoms with E-state index in [9.17, 15) is 4.79 Å². The van der Waals surface area contributed by atoms with Gasteiger partial charge < -0.3 is 19.9 Å². The second-order valence-corrected chi connectivity index (χ2v) is 6.72. The zero-order chi connectivity index (χ0) is 19.2. The van der Waals surface area contributed by atoms with E-state index >= 15 is 0 Å². The highest BCUT2D eigenvalue weighted by atomic mass is 16.5. The molecule has 0 radical (unpaired) electrons. The van der Waals surface area contributed by atoms with Crippen LogP contribution < -0.4 is 15.0 Å². The van der Waals surface area contributed by atoms with E-state index in [0.717, 1.165) is 31.9 Å². The summed E-state index contributed by atoms with van der Waals surface area (Å²) in [4.78, 5) is 17.0. The molecule has 0 bridgehead atoms. The van der Waals surface area contributed by atoms with Gasteiger partial charge in [-0.05, 0) is 62.5 Å².